The minimum atomic E-state index is -2.63. The van der Waals surface area contributed by atoms with Gasteiger partial charge >= 0.3 is 0 Å². The van der Waals surface area contributed by atoms with Crippen LogP contribution in [0, 0.1) is 11.8 Å². The smallest absolute Gasteiger partial charge is 0.258 e. The highest BCUT2D eigenvalue weighted by Crippen LogP contribution is 2.53. The van der Waals surface area contributed by atoms with Gasteiger partial charge in [0.1, 0.15) is 22.8 Å². The maximum absolute atomic E-state index is 14.2. The van der Waals surface area contributed by atoms with Gasteiger partial charge in [0, 0.05) is 25.1 Å². The molecule has 234 valence electrons. The Kier molecular flexibility index (Phi) is 7.35. The Balaban J connectivity index is 1.54. The summed E-state index contributed by atoms with van der Waals surface area (Å²) in [6.45, 7) is 0.738. The molecule has 4 atom stereocenters. The monoisotopic (exact) mass is 611 g/mol. The van der Waals surface area contributed by atoms with Gasteiger partial charge in [0.2, 0.25) is 5.78 Å². The van der Waals surface area contributed by atoms with Crippen molar-refractivity contribution in [3.8, 4) is 16.9 Å². The Hall–Kier alpha value is -4.51. The van der Waals surface area contributed by atoms with E-state index in [0.29, 0.717) is 5.56 Å². The Morgan fingerprint density at radius 2 is 1.62 bits per heavy atom. The van der Waals surface area contributed by atoms with Gasteiger partial charge < -0.3 is 30.6 Å². The average molecular weight is 612 g/mol. The zero-order chi connectivity index (χ0) is 32.5. The van der Waals surface area contributed by atoms with E-state index in [9.17, 15) is 34.8 Å². The number of phenolic OH excluding ortho intramolecular Hbond substituents is 1. The second kappa shape index (κ2) is 10.8. The molecule has 0 bridgehead atoms. The van der Waals surface area contributed by atoms with Gasteiger partial charge in [-0.15, -0.1) is 0 Å². The van der Waals surface area contributed by atoms with Crippen molar-refractivity contribution in [3.63, 3.8) is 0 Å². The number of hydrogen-bond acceptors (Lipinski definition) is 9. The summed E-state index contributed by atoms with van der Waals surface area (Å²) in [6, 6.07) is 14.3. The van der Waals surface area contributed by atoms with Crippen molar-refractivity contribution < 1.29 is 34.8 Å². The lowest BCUT2D eigenvalue weighted by Crippen LogP contribution is -2.63. The Morgan fingerprint density at radius 3 is 2.27 bits per heavy atom. The molecule has 10 heteroatoms. The number of aliphatic hydroxyl groups excluding tert-OH is 2. The van der Waals surface area contributed by atoms with Crippen LogP contribution in [0.2, 0.25) is 0 Å². The predicted octanol–water partition coefficient (Wildman–Crippen LogP) is 3.26. The van der Waals surface area contributed by atoms with Gasteiger partial charge in [-0.05, 0) is 86.0 Å². The standard InChI is InChI=1S/C35H37N3O7/c1-36-34(44)28-31(41)29(38(4)5)24-15-18-14-23-22(21-11-10-17(16-37(2)3)19-8-6-7-9-20(19)21)12-13-25(39)27(23)30(40)26(18)32(42)35(24,45)33(28)43/h6-13,18,24,29,39,41-42,45H,14-16H2,1-5H3,(H,36,44)/t18-,24-,29+,35-/m0/s1. The van der Waals surface area contributed by atoms with Crippen LogP contribution < -0.4 is 5.32 Å². The quantitative estimate of drug-likeness (QED) is 0.274. The SMILES string of the molecule is CNC(=O)C1=C(O)[C@H](N(C)C)[C@@H]2C[C@@H]3Cc4c(-c5ccc(CN(C)C)c6ccccc56)ccc(O)c4C(=O)C3=C(O)[C@]2(O)C1=O. The summed E-state index contributed by atoms with van der Waals surface area (Å²) in [5.74, 6) is -6.09. The minimum Gasteiger partial charge on any atom is -0.510 e. The highest BCUT2D eigenvalue weighted by molar-refractivity contribution is 6.25. The molecule has 1 amide bonds. The number of aromatic hydroxyl groups is 1. The molecule has 0 spiro atoms. The number of rotatable bonds is 5. The highest BCUT2D eigenvalue weighted by Gasteiger charge is 2.63. The van der Waals surface area contributed by atoms with Crippen LogP contribution in [0.25, 0.3) is 21.9 Å². The number of hydrogen-bond donors (Lipinski definition) is 5. The molecule has 45 heavy (non-hydrogen) atoms. The fourth-order valence-electron chi connectivity index (χ4n) is 7.68. The van der Waals surface area contributed by atoms with Crippen molar-refractivity contribution in [2.75, 3.05) is 35.2 Å². The van der Waals surface area contributed by atoms with E-state index in [1.165, 1.54) is 13.1 Å². The van der Waals surface area contributed by atoms with Crippen LogP contribution in [0.3, 0.4) is 0 Å². The van der Waals surface area contributed by atoms with Gasteiger partial charge in [0.25, 0.3) is 5.91 Å². The predicted molar refractivity (Wildman–Crippen MR) is 169 cm³/mol. The first-order chi connectivity index (χ1) is 21.3. The molecular weight excluding hydrogens is 574 g/mol. The summed E-state index contributed by atoms with van der Waals surface area (Å²) >= 11 is 0. The van der Waals surface area contributed by atoms with Crippen molar-refractivity contribution >= 4 is 28.2 Å². The molecule has 0 heterocycles. The van der Waals surface area contributed by atoms with Crippen LogP contribution in [-0.2, 0) is 22.6 Å². The number of nitrogens with zero attached hydrogens (tertiary/aromatic N) is 2. The molecule has 3 aliphatic rings. The first kappa shape index (κ1) is 30.5. The minimum absolute atomic E-state index is 0.00568. The summed E-state index contributed by atoms with van der Waals surface area (Å²) in [6.07, 6.45) is 0.282. The first-order valence-corrected chi connectivity index (χ1v) is 14.9. The third-order valence-corrected chi connectivity index (χ3v) is 9.60. The number of nitrogens with one attached hydrogen (secondary N) is 1. The van der Waals surface area contributed by atoms with Crippen LogP contribution >= 0.6 is 0 Å². The number of carbonyl (C=O) groups excluding carboxylic acids is 3. The number of allylic oxidation sites excluding steroid dienone is 1. The summed E-state index contributed by atoms with van der Waals surface area (Å²) in [7, 11) is 8.57. The van der Waals surface area contributed by atoms with Gasteiger partial charge in [-0.3, -0.25) is 19.3 Å². The largest absolute Gasteiger partial charge is 0.510 e. The highest BCUT2D eigenvalue weighted by atomic mass is 16.3. The zero-order valence-electron chi connectivity index (χ0n) is 25.9. The van der Waals surface area contributed by atoms with E-state index in [1.807, 2.05) is 38.4 Å². The number of fused-ring (bicyclic) bond motifs is 4. The summed E-state index contributed by atoms with van der Waals surface area (Å²) < 4.78 is 0. The van der Waals surface area contributed by atoms with E-state index in [2.05, 4.69) is 22.3 Å². The van der Waals surface area contributed by atoms with Gasteiger partial charge in [-0.1, -0.05) is 42.5 Å². The summed E-state index contributed by atoms with van der Waals surface area (Å²) in [5, 5.41) is 50.2. The molecule has 0 unspecified atom stereocenters. The van der Waals surface area contributed by atoms with Crippen LogP contribution in [0.15, 0.2) is 71.2 Å². The fraction of sp³-hybridized carbons (Fsp3) is 0.343. The third-order valence-electron chi connectivity index (χ3n) is 9.60. The summed E-state index contributed by atoms with van der Waals surface area (Å²) in [4.78, 5) is 44.3. The van der Waals surface area contributed by atoms with Gasteiger partial charge in [0.15, 0.2) is 11.4 Å². The summed E-state index contributed by atoms with van der Waals surface area (Å²) in [5.41, 5.74) is -0.0633. The number of ketones is 2. The third kappa shape index (κ3) is 4.39. The van der Waals surface area contributed by atoms with Crippen LogP contribution in [0.4, 0.5) is 0 Å². The lowest BCUT2D eigenvalue weighted by molar-refractivity contribution is -0.148. The molecule has 0 saturated heterocycles. The molecule has 3 aliphatic carbocycles. The molecule has 0 saturated carbocycles. The maximum Gasteiger partial charge on any atom is 0.258 e. The Morgan fingerprint density at radius 1 is 0.956 bits per heavy atom. The lowest BCUT2D eigenvalue weighted by atomic mass is 9.58. The van der Waals surface area contributed by atoms with Gasteiger partial charge in [-0.25, -0.2) is 0 Å². The molecule has 3 aromatic rings. The Bertz CT molecular complexity index is 1860. The number of carbonyl (C=O) groups is 3. The second-order valence-electron chi connectivity index (χ2n) is 12.7. The number of aliphatic hydroxyl groups is 3. The van der Waals surface area contributed by atoms with Crippen LogP contribution in [0.5, 0.6) is 5.75 Å². The number of likely N-dealkylation sites (N-methyl/N-ethyl adjacent to an activating group) is 2. The second-order valence-corrected chi connectivity index (χ2v) is 12.7. The van der Waals surface area contributed by atoms with Crippen molar-refractivity contribution in [1.82, 2.24) is 15.1 Å². The van der Waals surface area contributed by atoms with Crippen molar-refractivity contribution in [2.24, 2.45) is 11.8 Å². The molecule has 0 aromatic heterocycles. The van der Waals surface area contributed by atoms with E-state index >= 15 is 0 Å². The van der Waals surface area contributed by atoms with Crippen molar-refractivity contribution in [3.05, 3.63) is 87.9 Å². The van der Waals surface area contributed by atoms with E-state index in [4.69, 9.17) is 0 Å². The molecule has 6 rings (SSSR count). The van der Waals surface area contributed by atoms with Crippen LogP contribution in [0.1, 0.15) is 27.9 Å². The zero-order valence-corrected chi connectivity index (χ0v) is 25.9. The molecular formula is C35H37N3O7. The maximum atomic E-state index is 14.2. The number of benzene rings is 3. The molecule has 10 nitrogen and oxygen atoms in total. The van der Waals surface area contributed by atoms with Crippen molar-refractivity contribution in [2.45, 2.75) is 31.0 Å². The van der Waals surface area contributed by atoms with Gasteiger partial charge in [0.05, 0.1) is 11.6 Å². The van der Waals surface area contributed by atoms with E-state index in [-0.39, 0.29) is 29.7 Å². The average Bonchev–Trinajstić information content (AvgIpc) is 2.99. The fourth-order valence-corrected chi connectivity index (χ4v) is 7.68. The van der Waals surface area contributed by atoms with Crippen LogP contribution in [-0.4, -0.2) is 94.6 Å². The molecule has 3 aromatic carbocycles. The van der Waals surface area contributed by atoms with Crippen molar-refractivity contribution in [1.29, 1.82) is 0 Å². The van der Waals surface area contributed by atoms with E-state index in [1.54, 1.807) is 25.1 Å². The van der Waals surface area contributed by atoms with Gasteiger partial charge in [-0.2, -0.15) is 0 Å². The molecule has 0 radical (unpaired) electrons. The first-order valence-electron chi connectivity index (χ1n) is 14.9. The lowest BCUT2D eigenvalue weighted by Gasteiger charge is -2.50. The molecule has 5 N–H and O–H groups in total. The normalized spacial score (nSPS) is 24.7. The van der Waals surface area contributed by atoms with E-state index in [0.717, 1.165) is 34.0 Å². The Labute approximate surface area is 260 Å². The number of Topliss-reactive ketones (excluding diaryl/α,β-unsaturated/α-hetero) is 2. The number of phenols is 1. The van der Waals surface area contributed by atoms with E-state index < -0.39 is 58.0 Å². The topological polar surface area (TPSA) is 151 Å². The molecule has 0 fully saturated rings. The molecule has 0 aliphatic heterocycles. The number of amides is 1.